The number of hydrogen-bond acceptors (Lipinski definition) is 14. The molecule has 1 unspecified atom stereocenters. The number of ether oxygens (including phenoxy) is 6. The van der Waals surface area contributed by atoms with E-state index in [0.29, 0.717) is 66.8 Å². The highest BCUT2D eigenvalue weighted by Gasteiger charge is 2.54. The van der Waals surface area contributed by atoms with E-state index in [0.717, 1.165) is 25.7 Å². The lowest BCUT2D eigenvalue weighted by atomic mass is 9.76. The van der Waals surface area contributed by atoms with Gasteiger partial charge in [0.05, 0.1) is 48.4 Å². The first kappa shape index (κ1) is 43.7. The molecule has 2 aliphatic rings. The second kappa shape index (κ2) is 19.9. The van der Waals surface area contributed by atoms with Gasteiger partial charge in [0.15, 0.2) is 5.60 Å². The van der Waals surface area contributed by atoms with Crippen molar-refractivity contribution < 1.29 is 57.5 Å². The first-order valence-electron chi connectivity index (χ1n) is 19.4. The maximum Gasteiger partial charge on any atom is 0.340 e. The SMILES string of the molecule is CC(=O)Oc1ccc2c(c1)Oc1c(ccc(OC(C)=O)c1CN(C)Cc1cn(CC(=O)NCCOCCOCCCCCCCl)nn1)C21OC(=O)c2cc(C(=O)O)ccc21. The number of carboxylic acid groups (broad SMARTS) is 1. The van der Waals surface area contributed by atoms with Crippen molar-refractivity contribution in [2.75, 3.05) is 45.9 Å². The van der Waals surface area contributed by atoms with Crippen LogP contribution in [0.5, 0.6) is 23.0 Å². The van der Waals surface area contributed by atoms with Crippen LogP contribution in [-0.4, -0.2) is 101 Å². The van der Waals surface area contributed by atoms with Gasteiger partial charge in [0.1, 0.15) is 29.5 Å². The number of aromatic nitrogens is 3. The second-order valence-electron chi connectivity index (χ2n) is 14.3. The minimum absolute atomic E-state index is 0.0480. The number of unbranched alkanes of at least 4 members (excludes halogenated alkanes) is 3. The van der Waals surface area contributed by atoms with E-state index >= 15 is 0 Å². The molecule has 0 fully saturated rings. The van der Waals surface area contributed by atoms with Gasteiger partial charge in [0, 0.05) is 68.7 Å². The fourth-order valence-corrected chi connectivity index (χ4v) is 7.29. The van der Waals surface area contributed by atoms with Crippen LogP contribution in [0.15, 0.2) is 54.7 Å². The molecule has 0 saturated heterocycles. The van der Waals surface area contributed by atoms with E-state index in [4.69, 9.17) is 40.0 Å². The number of nitrogens with one attached hydrogen (secondary N) is 1. The zero-order valence-electron chi connectivity index (χ0n) is 33.5. The van der Waals surface area contributed by atoms with Crippen molar-refractivity contribution in [2.45, 2.75) is 64.8 Å². The van der Waals surface area contributed by atoms with Crippen LogP contribution in [0.3, 0.4) is 0 Å². The van der Waals surface area contributed by atoms with Crippen molar-refractivity contribution in [3.63, 3.8) is 0 Å². The summed E-state index contributed by atoms with van der Waals surface area (Å²) in [6.45, 7) is 5.04. The Balaban J connectivity index is 1.17. The fraction of sp³-hybridized carbons (Fsp3) is 0.405. The number of hydrogen-bond donors (Lipinski definition) is 2. The average molecular weight is 848 g/mol. The van der Waals surface area contributed by atoms with Crippen molar-refractivity contribution >= 4 is 41.4 Å². The summed E-state index contributed by atoms with van der Waals surface area (Å²) >= 11 is 5.69. The van der Waals surface area contributed by atoms with E-state index in [1.807, 2.05) is 4.90 Å². The smallest absolute Gasteiger partial charge is 0.340 e. The Hall–Kier alpha value is -5.88. The number of halogens is 1. The molecule has 3 heterocycles. The van der Waals surface area contributed by atoms with E-state index in [1.54, 1.807) is 31.4 Å². The Bertz CT molecular complexity index is 2250. The summed E-state index contributed by atoms with van der Waals surface area (Å²) in [5, 5.41) is 20.8. The lowest BCUT2D eigenvalue weighted by molar-refractivity contribution is -0.132. The Morgan fingerprint density at radius 2 is 1.62 bits per heavy atom. The molecular weight excluding hydrogens is 802 g/mol. The van der Waals surface area contributed by atoms with E-state index in [1.165, 1.54) is 48.9 Å². The quantitative estimate of drug-likeness (QED) is 0.0491. The number of esters is 3. The molecule has 18 heteroatoms. The van der Waals surface area contributed by atoms with E-state index in [-0.39, 0.29) is 59.7 Å². The van der Waals surface area contributed by atoms with Gasteiger partial charge in [-0.3, -0.25) is 19.3 Å². The number of rotatable bonds is 21. The maximum absolute atomic E-state index is 13.6. The lowest BCUT2D eigenvalue weighted by Crippen LogP contribution is -2.34. The summed E-state index contributed by atoms with van der Waals surface area (Å²) in [5.41, 5.74) is 0.383. The zero-order chi connectivity index (χ0) is 42.8. The second-order valence-corrected chi connectivity index (χ2v) is 14.6. The predicted octanol–water partition coefficient (Wildman–Crippen LogP) is 4.98. The van der Waals surface area contributed by atoms with Gasteiger partial charge in [-0.15, -0.1) is 16.7 Å². The molecule has 318 valence electrons. The summed E-state index contributed by atoms with van der Waals surface area (Å²) in [7, 11) is 1.79. The Kier molecular flexibility index (Phi) is 14.5. The molecule has 60 heavy (non-hydrogen) atoms. The van der Waals surface area contributed by atoms with Gasteiger partial charge in [0.2, 0.25) is 5.91 Å². The maximum atomic E-state index is 13.6. The molecule has 0 aliphatic carbocycles. The first-order chi connectivity index (χ1) is 28.9. The fourth-order valence-electron chi connectivity index (χ4n) is 7.10. The van der Waals surface area contributed by atoms with Crippen molar-refractivity contribution in [2.24, 2.45) is 0 Å². The van der Waals surface area contributed by atoms with Gasteiger partial charge >= 0.3 is 23.9 Å². The molecule has 0 saturated carbocycles. The van der Waals surface area contributed by atoms with Crippen molar-refractivity contribution in [1.29, 1.82) is 0 Å². The molecule has 1 spiro atoms. The van der Waals surface area contributed by atoms with Crippen LogP contribution in [0.4, 0.5) is 0 Å². The number of benzene rings is 3. The molecule has 2 aliphatic heterocycles. The number of aromatic carboxylic acids is 1. The largest absolute Gasteiger partial charge is 0.478 e. The van der Waals surface area contributed by atoms with Crippen LogP contribution in [0, 0.1) is 0 Å². The number of nitrogens with zero attached hydrogens (tertiary/aromatic N) is 4. The number of fused-ring (bicyclic) bond motifs is 6. The number of carbonyl (C=O) groups excluding carboxylic acids is 4. The first-order valence-corrected chi connectivity index (χ1v) is 20.0. The Morgan fingerprint density at radius 3 is 2.37 bits per heavy atom. The van der Waals surface area contributed by atoms with Crippen LogP contribution < -0.4 is 19.5 Å². The summed E-state index contributed by atoms with van der Waals surface area (Å²) in [5.74, 6) is -2.03. The standard InChI is InChI=1S/C42H46ClN5O12/c1-26(49)57-30-9-11-34-37(21-30)59-39-32(36(58-27(2)50)13-12-35(39)42(34)33-10-8-28(40(52)53)20-31(33)41(54)60-42)24-47(3)22-29-23-48(46-45-29)25-38(51)44-15-17-56-19-18-55-16-7-5-4-6-14-43/h8-13,20-21,23H,4-7,14-19,22,24-25H2,1-3H3,(H,44,51)(H,52,53). The van der Waals surface area contributed by atoms with Crippen LogP contribution in [0.25, 0.3) is 0 Å². The third kappa shape index (κ3) is 10.3. The predicted molar refractivity (Wildman–Crippen MR) is 213 cm³/mol. The number of amides is 1. The van der Waals surface area contributed by atoms with E-state index in [2.05, 4.69) is 15.6 Å². The minimum atomic E-state index is -1.63. The summed E-state index contributed by atoms with van der Waals surface area (Å²) in [6, 6.07) is 12.0. The number of carboxylic acids is 1. The molecule has 0 radical (unpaired) electrons. The third-order valence-corrected chi connectivity index (χ3v) is 9.90. The van der Waals surface area contributed by atoms with Gasteiger partial charge < -0.3 is 38.8 Å². The molecule has 2 N–H and O–H groups in total. The molecule has 1 atom stereocenters. The normalized spacial score (nSPS) is 14.8. The van der Waals surface area contributed by atoms with Gasteiger partial charge in [-0.05, 0) is 56.3 Å². The van der Waals surface area contributed by atoms with Crippen LogP contribution in [0.1, 0.15) is 88.2 Å². The Morgan fingerprint density at radius 1 is 0.883 bits per heavy atom. The molecule has 3 aromatic carbocycles. The molecule has 1 amide bonds. The molecule has 6 rings (SSSR count). The monoisotopic (exact) mass is 847 g/mol. The number of carbonyl (C=O) groups is 5. The van der Waals surface area contributed by atoms with Crippen molar-refractivity contribution in [3.05, 3.63) is 93.8 Å². The van der Waals surface area contributed by atoms with Crippen LogP contribution >= 0.6 is 11.6 Å². The van der Waals surface area contributed by atoms with Gasteiger partial charge in [-0.25, -0.2) is 14.3 Å². The molecule has 0 bridgehead atoms. The third-order valence-electron chi connectivity index (χ3n) is 9.63. The van der Waals surface area contributed by atoms with Crippen LogP contribution in [0.2, 0.25) is 0 Å². The van der Waals surface area contributed by atoms with Gasteiger partial charge in [-0.1, -0.05) is 24.1 Å². The van der Waals surface area contributed by atoms with Crippen molar-refractivity contribution in [1.82, 2.24) is 25.2 Å². The summed E-state index contributed by atoms with van der Waals surface area (Å²) in [4.78, 5) is 64.2. The molecule has 17 nitrogen and oxygen atoms in total. The van der Waals surface area contributed by atoms with E-state index in [9.17, 15) is 29.1 Å². The highest BCUT2D eigenvalue weighted by molar-refractivity contribution is 6.17. The van der Waals surface area contributed by atoms with Crippen molar-refractivity contribution in [3.8, 4) is 23.0 Å². The average Bonchev–Trinajstić information content (AvgIpc) is 3.76. The summed E-state index contributed by atoms with van der Waals surface area (Å²) in [6.07, 6.45) is 5.84. The highest BCUT2D eigenvalue weighted by Crippen LogP contribution is 2.58. The molecule has 1 aromatic heterocycles. The van der Waals surface area contributed by atoms with Gasteiger partial charge in [0.25, 0.3) is 0 Å². The zero-order valence-corrected chi connectivity index (χ0v) is 34.2. The summed E-state index contributed by atoms with van der Waals surface area (Å²) < 4.78 is 36.3. The van der Waals surface area contributed by atoms with Crippen LogP contribution in [-0.2, 0) is 53.8 Å². The minimum Gasteiger partial charge on any atom is -0.478 e. The van der Waals surface area contributed by atoms with E-state index < -0.39 is 29.5 Å². The number of alkyl halides is 1. The topological polar surface area (TPSA) is 207 Å². The van der Waals surface area contributed by atoms with Gasteiger partial charge in [-0.2, -0.15) is 0 Å². The highest BCUT2D eigenvalue weighted by atomic mass is 35.5. The lowest BCUT2D eigenvalue weighted by Gasteiger charge is -2.38. The molecular formula is C42H46ClN5O12. The Labute approximate surface area is 350 Å². The molecule has 4 aromatic rings.